The minimum atomic E-state index is -0.307. The van der Waals surface area contributed by atoms with Crippen LogP contribution in [0, 0.1) is 0 Å². The van der Waals surface area contributed by atoms with Crippen LogP contribution in [0.1, 0.15) is 33.1 Å². The second-order valence-corrected chi connectivity index (χ2v) is 11.7. The molecule has 2 unspecified atom stereocenters. The zero-order chi connectivity index (χ0) is 32.3. The maximum atomic E-state index is 12.2. The normalized spacial score (nSPS) is 16.7. The van der Waals surface area contributed by atoms with Crippen LogP contribution in [0.15, 0.2) is 61.3 Å². The average molecular weight is 630 g/mol. The summed E-state index contributed by atoms with van der Waals surface area (Å²) in [7, 11) is 1.60. The molecular formula is C35H47N7O4. The van der Waals surface area contributed by atoms with Crippen LogP contribution in [0.4, 0.5) is 28.7 Å². The molecule has 2 fully saturated rings. The molecule has 1 aromatic heterocycles. The molecule has 3 heterocycles. The van der Waals surface area contributed by atoms with Crippen LogP contribution in [0.25, 0.3) is 11.3 Å². The summed E-state index contributed by atoms with van der Waals surface area (Å²) < 4.78 is 16.7. The third-order valence-corrected chi connectivity index (χ3v) is 8.37. The number of nitrogens with zero attached hydrogens (tertiary/aromatic N) is 4. The van der Waals surface area contributed by atoms with Crippen molar-refractivity contribution in [1.82, 2.24) is 14.9 Å². The molecule has 2 aliphatic rings. The number of carbonyl (C=O) groups is 1. The highest BCUT2D eigenvalue weighted by Crippen LogP contribution is 2.34. The number of rotatable bonds is 14. The zero-order valence-electron chi connectivity index (χ0n) is 27.3. The number of anilines is 5. The Morgan fingerprint density at radius 1 is 1.04 bits per heavy atom. The topological polar surface area (TPSA) is 113 Å². The van der Waals surface area contributed by atoms with Crippen LogP contribution in [0.3, 0.4) is 0 Å². The van der Waals surface area contributed by atoms with E-state index in [0.717, 1.165) is 94.5 Å². The zero-order valence-corrected chi connectivity index (χ0v) is 27.3. The number of aromatic nitrogens is 2. The Morgan fingerprint density at radius 3 is 2.43 bits per heavy atom. The number of carbonyl (C=O) groups excluding carboxylic acids is 1. The summed E-state index contributed by atoms with van der Waals surface area (Å²) in [5.41, 5.74) is 4.81. The fourth-order valence-electron chi connectivity index (χ4n) is 6.03. The van der Waals surface area contributed by atoms with E-state index < -0.39 is 0 Å². The van der Waals surface area contributed by atoms with Gasteiger partial charge in [-0.25, -0.2) is 9.97 Å². The molecular weight excluding hydrogens is 582 g/mol. The second-order valence-electron chi connectivity index (χ2n) is 11.7. The Labute approximate surface area is 272 Å². The van der Waals surface area contributed by atoms with Crippen LogP contribution in [0.2, 0.25) is 0 Å². The summed E-state index contributed by atoms with van der Waals surface area (Å²) in [5.74, 6) is 0.818. The van der Waals surface area contributed by atoms with Gasteiger partial charge in [-0.15, -0.1) is 0 Å². The van der Waals surface area contributed by atoms with Gasteiger partial charge in [0.15, 0.2) is 0 Å². The van der Waals surface area contributed by atoms with E-state index in [1.807, 2.05) is 12.1 Å². The lowest BCUT2D eigenvalue weighted by Crippen LogP contribution is -2.45. The van der Waals surface area contributed by atoms with Gasteiger partial charge in [-0.2, -0.15) is 0 Å². The molecule has 2 aromatic carbocycles. The van der Waals surface area contributed by atoms with Gasteiger partial charge in [0.2, 0.25) is 11.9 Å². The molecule has 3 N–H and O–H groups in total. The number of nitrogens with one attached hydrogen (secondary N) is 3. The predicted octanol–water partition coefficient (Wildman–Crippen LogP) is 5.55. The molecule has 2 atom stereocenters. The van der Waals surface area contributed by atoms with Crippen molar-refractivity contribution in [3.63, 3.8) is 0 Å². The number of benzene rings is 2. The molecule has 0 aliphatic carbocycles. The Morgan fingerprint density at radius 2 is 1.76 bits per heavy atom. The molecule has 0 spiro atoms. The van der Waals surface area contributed by atoms with E-state index in [2.05, 4.69) is 70.4 Å². The quantitative estimate of drug-likeness (QED) is 0.196. The van der Waals surface area contributed by atoms with Gasteiger partial charge in [0.1, 0.15) is 5.75 Å². The number of morpholine rings is 2. The van der Waals surface area contributed by atoms with E-state index in [-0.39, 0.29) is 11.9 Å². The first kappa shape index (κ1) is 33.2. The summed E-state index contributed by atoms with van der Waals surface area (Å²) >= 11 is 0. The van der Waals surface area contributed by atoms with Crippen molar-refractivity contribution in [3.05, 3.63) is 61.3 Å². The minimum absolute atomic E-state index is 0.145. The molecule has 5 rings (SSSR count). The van der Waals surface area contributed by atoms with E-state index >= 15 is 0 Å². The Hall–Kier alpha value is -4.19. The lowest BCUT2D eigenvalue weighted by molar-refractivity contribution is -0.111. The molecule has 1 amide bonds. The number of methoxy groups -OCH3 is 1. The molecule has 2 aliphatic heterocycles. The highest BCUT2D eigenvalue weighted by molar-refractivity contribution is 5.99. The van der Waals surface area contributed by atoms with E-state index in [4.69, 9.17) is 24.2 Å². The van der Waals surface area contributed by atoms with Gasteiger partial charge in [-0.1, -0.05) is 19.9 Å². The Balaban J connectivity index is 1.42. The number of amides is 1. The molecule has 3 aromatic rings. The number of hydrogen-bond acceptors (Lipinski definition) is 10. The Kier molecular flexibility index (Phi) is 11.8. The Bertz CT molecular complexity index is 1440. The molecule has 0 saturated carbocycles. The van der Waals surface area contributed by atoms with Gasteiger partial charge >= 0.3 is 0 Å². The van der Waals surface area contributed by atoms with Crippen LogP contribution >= 0.6 is 0 Å². The highest BCUT2D eigenvalue weighted by atomic mass is 16.5. The van der Waals surface area contributed by atoms with Gasteiger partial charge in [0.05, 0.1) is 51.1 Å². The molecule has 0 bridgehead atoms. The fourth-order valence-corrected chi connectivity index (χ4v) is 6.03. The van der Waals surface area contributed by atoms with Crippen molar-refractivity contribution in [2.24, 2.45) is 0 Å². The van der Waals surface area contributed by atoms with Crippen LogP contribution in [0.5, 0.6) is 5.75 Å². The van der Waals surface area contributed by atoms with Gasteiger partial charge in [-0.05, 0) is 62.2 Å². The van der Waals surface area contributed by atoms with E-state index in [9.17, 15) is 4.79 Å². The second kappa shape index (κ2) is 16.4. The first-order valence-electron chi connectivity index (χ1n) is 16.2. The summed E-state index contributed by atoms with van der Waals surface area (Å²) in [6.07, 6.45) is 6.28. The first-order chi connectivity index (χ1) is 22.4. The van der Waals surface area contributed by atoms with Crippen molar-refractivity contribution in [1.29, 1.82) is 0 Å². The number of hydrogen-bond donors (Lipinski definition) is 3. The molecule has 0 radical (unpaired) electrons. The minimum Gasteiger partial charge on any atom is -0.497 e. The van der Waals surface area contributed by atoms with Gasteiger partial charge in [0.25, 0.3) is 0 Å². The van der Waals surface area contributed by atoms with Crippen molar-refractivity contribution in [3.8, 4) is 17.0 Å². The van der Waals surface area contributed by atoms with Crippen LogP contribution in [-0.2, 0) is 14.3 Å². The van der Waals surface area contributed by atoms with E-state index in [1.54, 1.807) is 19.4 Å². The molecule has 246 valence electrons. The van der Waals surface area contributed by atoms with Crippen LogP contribution in [-0.4, -0.2) is 92.6 Å². The summed E-state index contributed by atoms with van der Waals surface area (Å²) in [6, 6.07) is 14.5. The smallest absolute Gasteiger partial charge is 0.247 e. The van der Waals surface area contributed by atoms with Gasteiger partial charge < -0.3 is 35.1 Å². The third kappa shape index (κ3) is 8.96. The molecule has 11 nitrogen and oxygen atoms in total. The van der Waals surface area contributed by atoms with Gasteiger partial charge in [-0.3, -0.25) is 9.69 Å². The van der Waals surface area contributed by atoms with E-state index in [0.29, 0.717) is 29.1 Å². The van der Waals surface area contributed by atoms with Crippen molar-refractivity contribution in [2.75, 3.05) is 80.6 Å². The fraction of sp³-hybridized carbons (Fsp3) is 0.457. The van der Waals surface area contributed by atoms with Crippen LogP contribution < -0.4 is 25.6 Å². The maximum Gasteiger partial charge on any atom is 0.247 e. The maximum absolute atomic E-state index is 12.2. The largest absolute Gasteiger partial charge is 0.497 e. The predicted molar refractivity (Wildman–Crippen MR) is 184 cm³/mol. The van der Waals surface area contributed by atoms with Crippen molar-refractivity contribution in [2.45, 2.75) is 45.2 Å². The summed E-state index contributed by atoms with van der Waals surface area (Å²) in [4.78, 5) is 26.8. The van der Waals surface area contributed by atoms with Gasteiger partial charge in [0, 0.05) is 67.0 Å². The van der Waals surface area contributed by atoms with Crippen molar-refractivity contribution >= 4 is 34.6 Å². The number of ether oxygens (including phenoxy) is 3. The molecule has 2 saturated heterocycles. The average Bonchev–Trinajstić information content (AvgIpc) is 3.09. The standard InChI is InChI=1S/C35H47N7O4/c1-5-7-30(42-14-18-46-19-15-42)20-25(3)37-35-36-24-32(38-27-8-10-29(11-9-27)41-12-16-45-17-13-41)34(40-35)26-21-28(39-33(43)6-2)23-31(22-26)44-4/h6,8-11,21-25,30,38H,2,5,7,12-20H2,1,3-4H3,(H,39,43)(H,36,37,40). The van der Waals surface area contributed by atoms with Crippen molar-refractivity contribution < 1.29 is 19.0 Å². The SMILES string of the molecule is C=CC(=O)Nc1cc(OC)cc(-c2nc(NC(C)CC(CCC)N3CCOCC3)ncc2Nc2ccc(N3CCOCC3)cc2)c1. The first-order valence-corrected chi connectivity index (χ1v) is 16.2. The monoisotopic (exact) mass is 629 g/mol. The van der Waals surface area contributed by atoms with E-state index in [1.165, 1.54) is 6.08 Å². The molecule has 11 heteroatoms. The highest BCUT2D eigenvalue weighted by Gasteiger charge is 2.23. The summed E-state index contributed by atoms with van der Waals surface area (Å²) in [5, 5.41) is 9.94. The lowest BCUT2D eigenvalue weighted by atomic mass is 10.0. The molecule has 46 heavy (non-hydrogen) atoms. The lowest BCUT2D eigenvalue weighted by Gasteiger charge is -2.36. The third-order valence-electron chi connectivity index (χ3n) is 8.37. The summed E-state index contributed by atoms with van der Waals surface area (Å²) in [6.45, 7) is 14.7.